The second kappa shape index (κ2) is 4.28. The van der Waals surface area contributed by atoms with Crippen molar-refractivity contribution in [1.82, 2.24) is 15.1 Å². The number of likely N-dealkylation sites (tertiary alicyclic amines) is 2. The Morgan fingerprint density at radius 3 is 2.94 bits per heavy atom. The lowest BCUT2D eigenvalue weighted by molar-refractivity contribution is 0.207. The summed E-state index contributed by atoms with van der Waals surface area (Å²) in [4.78, 5) is 5.38. The number of rotatable bonds is 2. The molecule has 0 aliphatic carbocycles. The van der Waals surface area contributed by atoms with Gasteiger partial charge in [0.2, 0.25) is 0 Å². The van der Waals surface area contributed by atoms with Crippen molar-refractivity contribution in [2.45, 2.75) is 32.2 Å². The quantitative estimate of drug-likeness (QED) is 0.746. The maximum absolute atomic E-state index is 3.55. The molecule has 0 radical (unpaired) electrons. The molecule has 0 aromatic carbocycles. The van der Waals surface area contributed by atoms with E-state index >= 15 is 0 Å². The zero-order valence-electron chi connectivity index (χ0n) is 10.5. The Bertz CT molecular complexity index is 248. The van der Waals surface area contributed by atoms with Gasteiger partial charge in [0.05, 0.1) is 0 Å². The lowest BCUT2D eigenvalue weighted by Crippen LogP contribution is -2.38. The Morgan fingerprint density at radius 1 is 1.31 bits per heavy atom. The highest BCUT2D eigenvalue weighted by Crippen LogP contribution is 2.37. The SMILES string of the molecule is CCN1CCC(N2CCC3(CCNC3)C2)C1. The monoisotopic (exact) mass is 223 g/mol. The smallest absolute Gasteiger partial charge is 0.0235 e. The molecule has 3 heterocycles. The van der Waals surface area contributed by atoms with Gasteiger partial charge in [-0.3, -0.25) is 4.90 Å². The van der Waals surface area contributed by atoms with Gasteiger partial charge in [0.15, 0.2) is 0 Å². The molecule has 1 spiro atoms. The summed E-state index contributed by atoms with van der Waals surface area (Å²) in [7, 11) is 0. The molecule has 0 aromatic heterocycles. The van der Waals surface area contributed by atoms with Crippen LogP contribution in [0.2, 0.25) is 0 Å². The van der Waals surface area contributed by atoms with Crippen molar-refractivity contribution in [1.29, 1.82) is 0 Å². The first-order valence-electron chi connectivity index (χ1n) is 6.98. The average molecular weight is 223 g/mol. The van der Waals surface area contributed by atoms with Gasteiger partial charge in [-0.05, 0) is 50.9 Å². The van der Waals surface area contributed by atoms with E-state index in [0.29, 0.717) is 5.41 Å². The maximum atomic E-state index is 3.55. The minimum absolute atomic E-state index is 0.652. The fourth-order valence-electron chi connectivity index (χ4n) is 3.82. The van der Waals surface area contributed by atoms with Crippen molar-refractivity contribution >= 4 is 0 Å². The van der Waals surface area contributed by atoms with Crippen LogP contribution in [-0.2, 0) is 0 Å². The summed E-state index contributed by atoms with van der Waals surface area (Å²) in [6, 6.07) is 0.861. The molecule has 0 amide bonds. The fraction of sp³-hybridized carbons (Fsp3) is 1.00. The van der Waals surface area contributed by atoms with E-state index in [1.165, 1.54) is 65.1 Å². The summed E-state index contributed by atoms with van der Waals surface area (Å²) in [6.07, 6.45) is 4.24. The van der Waals surface area contributed by atoms with E-state index in [2.05, 4.69) is 22.0 Å². The number of hydrogen-bond donors (Lipinski definition) is 1. The van der Waals surface area contributed by atoms with Crippen molar-refractivity contribution in [2.75, 3.05) is 45.8 Å². The van der Waals surface area contributed by atoms with Gasteiger partial charge in [-0.15, -0.1) is 0 Å². The van der Waals surface area contributed by atoms with Crippen LogP contribution in [0.5, 0.6) is 0 Å². The van der Waals surface area contributed by atoms with Crippen LogP contribution in [0, 0.1) is 5.41 Å². The maximum Gasteiger partial charge on any atom is 0.0235 e. The van der Waals surface area contributed by atoms with E-state index in [4.69, 9.17) is 0 Å². The summed E-state index contributed by atoms with van der Waals surface area (Å²) in [5.74, 6) is 0. The molecule has 3 aliphatic heterocycles. The van der Waals surface area contributed by atoms with Gasteiger partial charge in [-0.2, -0.15) is 0 Å². The summed E-state index contributed by atoms with van der Waals surface area (Å²) < 4.78 is 0. The number of hydrogen-bond acceptors (Lipinski definition) is 3. The van der Waals surface area contributed by atoms with Crippen molar-refractivity contribution in [3.63, 3.8) is 0 Å². The predicted molar refractivity (Wildman–Crippen MR) is 66.6 cm³/mol. The van der Waals surface area contributed by atoms with Crippen LogP contribution in [0.4, 0.5) is 0 Å². The first-order chi connectivity index (χ1) is 7.81. The van der Waals surface area contributed by atoms with E-state index in [0.717, 1.165) is 6.04 Å². The summed E-state index contributed by atoms with van der Waals surface area (Å²) in [5, 5.41) is 3.55. The molecule has 0 saturated carbocycles. The van der Waals surface area contributed by atoms with Crippen molar-refractivity contribution in [3.05, 3.63) is 0 Å². The number of nitrogens with one attached hydrogen (secondary N) is 1. The number of nitrogens with zero attached hydrogens (tertiary/aromatic N) is 2. The van der Waals surface area contributed by atoms with Crippen molar-refractivity contribution < 1.29 is 0 Å². The molecule has 2 unspecified atom stereocenters. The molecule has 0 bridgehead atoms. The summed E-state index contributed by atoms with van der Waals surface area (Å²) >= 11 is 0. The minimum atomic E-state index is 0.652. The molecule has 92 valence electrons. The largest absolute Gasteiger partial charge is 0.316 e. The van der Waals surface area contributed by atoms with Crippen LogP contribution >= 0.6 is 0 Å². The van der Waals surface area contributed by atoms with Crippen LogP contribution in [-0.4, -0.2) is 61.7 Å². The van der Waals surface area contributed by atoms with Crippen molar-refractivity contribution in [3.8, 4) is 0 Å². The van der Waals surface area contributed by atoms with Gasteiger partial charge in [-0.1, -0.05) is 6.92 Å². The lowest BCUT2D eigenvalue weighted by Gasteiger charge is -2.27. The number of likely N-dealkylation sites (N-methyl/N-ethyl adjacent to an activating group) is 1. The molecule has 3 nitrogen and oxygen atoms in total. The van der Waals surface area contributed by atoms with Gasteiger partial charge in [-0.25, -0.2) is 0 Å². The predicted octanol–water partition coefficient (Wildman–Crippen LogP) is 0.766. The van der Waals surface area contributed by atoms with Crippen LogP contribution in [0.15, 0.2) is 0 Å². The van der Waals surface area contributed by atoms with Gasteiger partial charge >= 0.3 is 0 Å². The Hall–Kier alpha value is -0.120. The standard InChI is InChI=1S/C13H25N3/c1-2-15-7-3-12(9-15)16-8-5-13(11-16)4-6-14-10-13/h12,14H,2-11H2,1H3. The molecule has 2 atom stereocenters. The minimum Gasteiger partial charge on any atom is -0.316 e. The Morgan fingerprint density at radius 2 is 2.25 bits per heavy atom. The second-order valence-corrected chi connectivity index (χ2v) is 5.98. The van der Waals surface area contributed by atoms with Gasteiger partial charge in [0.1, 0.15) is 0 Å². The molecule has 3 aliphatic rings. The van der Waals surface area contributed by atoms with E-state index in [1.54, 1.807) is 0 Å². The highest BCUT2D eigenvalue weighted by Gasteiger charge is 2.43. The molecule has 3 saturated heterocycles. The Kier molecular flexibility index (Phi) is 2.94. The van der Waals surface area contributed by atoms with Crippen LogP contribution in [0.3, 0.4) is 0 Å². The molecule has 16 heavy (non-hydrogen) atoms. The first-order valence-corrected chi connectivity index (χ1v) is 6.98. The molecule has 3 rings (SSSR count). The molecular formula is C13H25N3. The molecule has 3 heteroatoms. The fourth-order valence-corrected chi connectivity index (χ4v) is 3.82. The van der Waals surface area contributed by atoms with Crippen molar-refractivity contribution in [2.24, 2.45) is 5.41 Å². The van der Waals surface area contributed by atoms with E-state index in [1.807, 2.05) is 0 Å². The van der Waals surface area contributed by atoms with Crippen LogP contribution in [0.25, 0.3) is 0 Å². The third kappa shape index (κ3) is 1.89. The Balaban J connectivity index is 1.57. The highest BCUT2D eigenvalue weighted by atomic mass is 15.3. The molecule has 3 fully saturated rings. The summed E-state index contributed by atoms with van der Waals surface area (Å²) in [6.45, 7) is 11.4. The normalized spacial score (nSPS) is 41.4. The van der Waals surface area contributed by atoms with Crippen LogP contribution < -0.4 is 5.32 Å². The zero-order valence-corrected chi connectivity index (χ0v) is 10.5. The molecule has 1 N–H and O–H groups in total. The van der Waals surface area contributed by atoms with Gasteiger partial charge < -0.3 is 10.2 Å². The average Bonchev–Trinajstić information content (AvgIpc) is 3.01. The highest BCUT2D eigenvalue weighted by molar-refractivity contribution is 4.98. The van der Waals surface area contributed by atoms with Crippen LogP contribution in [0.1, 0.15) is 26.2 Å². The lowest BCUT2D eigenvalue weighted by atomic mass is 9.86. The first kappa shape index (κ1) is 11.0. The second-order valence-electron chi connectivity index (χ2n) is 5.98. The third-order valence-electron chi connectivity index (χ3n) is 5.01. The van der Waals surface area contributed by atoms with E-state index in [9.17, 15) is 0 Å². The zero-order chi connectivity index (χ0) is 11.0. The molecule has 0 aromatic rings. The summed E-state index contributed by atoms with van der Waals surface area (Å²) in [5.41, 5.74) is 0.652. The van der Waals surface area contributed by atoms with E-state index < -0.39 is 0 Å². The Labute approximate surface area is 99.2 Å². The van der Waals surface area contributed by atoms with Gasteiger partial charge in [0, 0.05) is 25.7 Å². The molecular weight excluding hydrogens is 198 g/mol. The topological polar surface area (TPSA) is 18.5 Å². The van der Waals surface area contributed by atoms with Gasteiger partial charge in [0.25, 0.3) is 0 Å². The van der Waals surface area contributed by atoms with E-state index in [-0.39, 0.29) is 0 Å². The third-order valence-corrected chi connectivity index (χ3v) is 5.01.